The van der Waals surface area contributed by atoms with Crippen LogP contribution < -0.4 is 5.73 Å². The Morgan fingerprint density at radius 3 is 2.60 bits per heavy atom. The zero-order valence-electron chi connectivity index (χ0n) is 11.7. The molecule has 0 aliphatic carbocycles. The van der Waals surface area contributed by atoms with E-state index >= 15 is 0 Å². The lowest BCUT2D eigenvalue weighted by Crippen LogP contribution is -2.10. The summed E-state index contributed by atoms with van der Waals surface area (Å²) in [7, 11) is 0. The Bertz CT molecular complexity index is 681. The molecule has 2 aromatic carbocycles. The Morgan fingerprint density at radius 1 is 1.05 bits per heavy atom. The standard InChI is InChI=1S/C18H19NO/c1-13-6-2-3-7-14(13)10-11-16(19)18-12-15-8-4-5-9-17(15)20-18/h2-9,12,16H,10-11,19H2,1H3. The molecule has 0 saturated carbocycles. The van der Waals surface area contributed by atoms with Crippen LogP contribution >= 0.6 is 0 Å². The molecule has 3 rings (SSSR count). The Hall–Kier alpha value is -2.06. The summed E-state index contributed by atoms with van der Waals surface area (Å²) in [6.07, 6.45) is 1.87. The maximum Gasteiger partial charge on any atom is 0.134 e. The molecule has 0 saturated heterocycles. The van der Waals surface area contributed by atoms with Gasteiger partial charge in [-0.25, -0.2) is 0 Å². The number of para-hydroxylation sites is 1. The quantitative estimate of drug-likeness (QED) is 0.760. The molecule has 0 amide bonds. The first-order valence-corrected chi connectivity index (χ1v) is 7.02. The van der Waals surface area contributed by atoms with Gasteiger partial charge >= 0.3 is 0 Å². The fourth-order valence-electron chi connectivity index (χ4n) is 2.53. The predicted octanol–water partition coefficient (Wildman–Crippen LogP) is 4.37. The summed E-state index contributed by atoms with van der Waals surface area (Å²) in [5, 5.41) is 1.12. The van der Waals surface area contributed by atoms with E-state index in [0.717, 1.165) is 29.6 Å². The summed E-state index contributed by atoms with van der Waals surface area (Å²) in [4.78, 5) is 0. The number of nitrogens with two attached hydrogens (primary N) is 1. The van der Waals surface area contributed by atoms with Gasteiger partial charge in [0.15, 0.2) is 0 Å². The van der Waals surface area contributed by atoms with Crippen LogP contribution in [0.1, 0.15) is 29.3 Å². The van der Waals surface area contributed by atoms with Crippen LogP contribution in [-0.4, -0.2) is 0 Å². The third kappa shape index (κ3) is 2.61. The molecule has 0 bridgehead atoms. The molecular weight excluding hydrogens is 246 g/mol. The molecule has 2 nitrogen and oxygen atoms in total. The lowest BCUT2D eigenvalue weighted by molar-refractivity contribution is 0.478. The molecule has 2 N–H and O–H groups in total. The van der Waals surface area contributed by atoms with Gasteiger partial charge in [0.25, 0.3) is 0 Å². The lowest BCUT2D eigenvalue weighted by atomic mass is 10.0. The van der Waals surface area contributed by atoms with Crippen LogP contribution in [0.25, 0.3) is 11.0 Å². The first-order valence-electron chi connectivity index (χ1n) is 7.02. The SMILES string of the molecule is Cc1ccccc1CCC(N)c1cc2ccccc2o1. The molecule has 1 atom stereocenters. The number of furan rings is 1. The normalized spacial score (nSPS) is 12.7. The Morgan fingerprint density at radius 2 is 1.80 bits per heavy atom. The monoisotopic (exact) mass is 265 g/mol. The van der Waals surface area contributed by atoms with Gasteiger partial charge in [0.05, 0.1) is 6.04 Å². The number of hydrogen-bond acceptors (Lipinski definition) is 2. The number of rotatable bonds is 4. The molecule has 0 spiro atoms. The van der Waals surface area contributed by atoms with E-state index in [1.54, 1.807) is 0 Å². The zero-order chi connectivity index (χ0) is 13.9. The summed E-state index contributed by atoms with van der Waals surface area (Å²) in [5.41, 5.74) is 9.86. The van der Waals surface area contributed by atoms with E-state index in [1.807, 2.05) is 18.2 Å². The van der Waals surface area contributed by atoms with E-state index in [9.17, 15) is 0 Å². The van der Waals surface area contributed by atoms with Crippen molar-refractivity contribution < 1.29 is 4.42 Å². The number of fused-ring (bicyclic) bond motifs is 1. The summed E-state index contributed by atoms with van der Waals surface area (Å²) >= 11 is 0. The van der Waals surface area contributed by atoms with Gasteiger partial charge < -0.3 is 10.2 Å². The average molecular weight is 265 g/mol. The fraction of sp³-hybridized carbons (Fsp3) is 0.222. The Labute approximate surface area is 119 Å². The third-order valence-electron chi connectivity index (χ3n) is 3.80. The van der Waals surface area contributed by atoms with Crippen molar-refractivity contribution in [1.82, 2.24) is 0 Å². The zero-order valence-corrected chi connectivity index (χ0v) is 11.7. The van der Waals surface area contributed by atoms with E-state index in [1.165, 1.54) is 11.1 Å². The largest absolute Gasteiger partial charge is 0.459 e. The van der Waals surface area contributed by atoms with E-state index in [0.29, 0.717) is 0 Å². The van der Waals surface area contributed by atoms with Gasteiger partial charge in [0, 0.05) is 5.39 Å². The molecule has 20 heavy (non-hydrogen) atoms. The van der Waals surface area contributed by atoms with E-state index in [2.05, 4.69) is 43.3 Å². The highest BCUT2D eigenvalue weighted by molar-refractivity contribution is 5.77. The molecular formula is C18H19NO. The molecule has 2 heteroatoms. The number of benzene rings is 2. The average Bonchev–Trinajstić information content (AvgIpc) is 2.90. The maximum atomic E-state index is 6.26. The smallest absolute Gasteiger partial charge is 0.134 e. The van der Waals surface area contributed by atoms with Crippen molar-refractivity contribution in [2.45, 2.75) is 25.8 Å². The highest BCUT2D eigenvalue weighted by Crippen LogP contribution is 2.25. The Kier molecular flexibility index (Phi) is 3.57. The van der Waals surface area contributed by atoms with Gasteiger partial charge in [-0.15, -0.1) is 0 Å². The summed E-state index contributed by atoms with van der Waals surface area (Å²) in [6, 6.07) is 18.5. The highest BCUT2D eigenvalue weighted by atomic mass is 16.3. The number of hydrogen-bond donors (Lipinski definition) is 1. The van der Waals surface area contributed by atoms with Gasteiger partial charge in [0.2, 0.25) is 0 Å². The van der Waals surface area contributed by atoms with Gasteiger partial charge in [-0.1, -0.05) is 42.5 Å². The van der Waals surface area contributed by atoms with Crippen LogP contribution in [0, 0.1) is 6.92 Å². The molecule has 1 unspecified atom stereocenters. The minimum Gasteiger partial charge on any atom is -0.459 e. The van der Waals surface area contributed by atoms with E-state index in [4.69, 9.17) is 10.2 Å². The van der Waals surface area contributed by atoms with Crippen molar-refractivity contribution in [2.75, 3.05) is 0 Å². The van der Waals surface area contributed by atoms with Crippen LogP contribution in [-0.2, 0) is 6.42 Å². The lowest BCUT2D eigenvalue weighted by Gasteiger charge is -2.10. The van der Waals surface area contributed by atoms with Gasteiger partial charge in [-0.05, 0) is 43.0 Å². The van der Waals surface area contributed by atoms with Crippen LogP contribution in [0.4, 0.5) is 0 Å². The fourth-order valence-corrected chi connectivity index (χ4v) is 2.53. The van der Waals surface area contributed by atoms with Crippen molar-refractivity contribution in [1.29, 1.82) is 0 Å². The maximum absolute atomic E-state index is 6.26. The topological polar surface area (TPSA) is 39.2 Å². The Balaban J connectivity index is 1.73. The molecule has 1 aromatic heterocycles. The van der Waals surface area contributed by atoms with Crippen molar-refractivity contribution >= 4 is 11.0 Å². The van der Waals surface area contributed by atoms with Gasteiger partial charge in [0.1, 0.15) is 11.3 Å². The van der Waals surface area contributed by atoms with Crippen molar-refractivity contribution in [3.05, 3.63) is 71.5 Å². The first-order chi connectivity index (χ1) is 9.74. The summed E-state index contributed by atoms with van der Waals surface area (Å²) in [5.74, 6) is 0.875. The molecule has 0 aliphatic rings. The molecule has 102 valence electrons. The second kappa shape index (κ2) is 5.51. The molecule has 0 aliphatic heterocycles. The minimum absolute atomic E-state index is 0.0537. The van der Waals surface area contributed by atoms with Crippen LogP contribution in [0.15, 0.2) is 59.0 Å². The number of aryl methyl sites for hydroxylation is 2. The van der Waals surface area contributed by atoms with Crippen molar-refractivity contribution in [3.8, 4) is 0 Å². The van der Waals surface area contributed by atoms with Crippen LogP contribution in [0.5, 0.6) is 0 Å². The summed E-state index contributed by atoms with van der Waals surface area (Å²) < 4.78 is 5.82. The predicted molar refractivity (Wildman–Crippen MR) is 82.6 cm³/mol. The first kappa shape index (κ1) is 12.9. The molecule has 1 heterocycles. The van der Waals surface area contributed by atoms with Crippen LogP contribution in [0.3, 0.4) is 0 Å². The second-order valence-electron chi connectivity index (χ2n) is 5.26. The molecule has 3 aromatic rings. The third-order valence-corrected chi connectivity index (χ3v) is 3.80. The summed E-state index contributed by atoms with van der Waals surface area (Å²) in [6.45, 7) is 2.14. The highest BCUT2D eigenvalue weighted by Gasteiger charge is 2.12. The van der Waals surface area contributed by atoms with E-state index in [-0.39, 0.29) is 6.04 Å². The van der Waals surface area contributed by atoms with Crippen LogP contribution in [0.2, 0.25) is 0 Å². The van der Waals surface area contributed by atoms with E-state index < -0.39 is 0 Å². The van der Waals surface area contributed by atoms with Crippen molar-refractivity contribution in [3.63, 3.8) is 0 Å². The van der Waals surface area contributed by atoms with Gasteiger partial charge in [-0.3, -0.25) is 0 Å². The second-order valence-corrected chi connectivity index (χ2v) is 5.26. The van der Waals surface area contributed by atoms with Gasteiger partial charge in [-0.2, -0.15) is 0 Å². The minimum atomic E-state index is -0.0537. The molecule has 0 radical (unpaired) electrons. The van der Waals surface area contributed by atoms with Crippen molar-refractivity contribution in [2.24, 2.45) is 5.73 Å². The molecule has 0 fully saturated rings.